The molecule has 1 N–H and O–H groups in total. The first-order valence-electron chi connectivity index (χ1n) is 12.0. The molecule has 0 bridgehead atoms. The van der Waals surface area contributed by atoms with Crippen molar-refractivity contribution in [3.63, 3.8) is 0 Å². The highest BCUT2D eigenvalue weighted by molar-refractivity contribution is 8.00. The fourth-order valence-electron chi connectivity index (χ4n) is 4.42. The van der Waals surface area contributed by atoms with Gasteiger partial charge in [0.2, 0.25) is 5.91 Å². The van der Waals surface area contributed by atoms with Crippen LogP contribution in [0.3, 0.4) is 0 Å². The van der Waals surface area contributed by atoms with Crippen molar-refractivity contribution in [1.82, 2.24) is 5.01 Å². The number of fused-ring (bicyclic) bond motifs is 1. The lowest BCUT2D eigenvalue weighted by Gasteiger charge is -2.22. The zero-order valence-electron chi connectivity index (χ0n) is 20.7. The minimum atomic E-state index is -0.192. The Morgan fingerprint density at radius 1 is 0.973 bits per heavy atom. The third-order valence-corrected chi connectivity index (χ3v) is 7.28. The number of thioether (sulfide) groups is 1. The van der Waals surface area contributed by atoms with Gasteiger partial charge in [0.1, 0.15) is 5.75 Å². The van der Waals surface area contributed by atoms with Gasteiger partial charge >= 0.3 is 0 Å². The topological polar surface area (TPSA) is 71.0 Å². The summed E-state index contributed by atoms with van der Waals surface area (Å²) < 4.78 is 5.32. The highest BCUT2D eigenvalue weighted by atomic mass is 32.2. The van der Waals surface area contributed by atoms with Gasteiger partial charge in [0.25, 0.3) is 5.91 Å². The average molecular weight is 510 g/mol. The third kappa shape index (κ3) is 5.67. The molecule has 0 saturated carbocycles. The zero-order valence-corrected chi connectivity index (χ0v) is 21.5. The van der Waals surface area contributed by atoms with Gasteiger partial charge in [-0.25, -0.2) is 5.01 Å². The van der Waals surface area contributed by atoms with Crippen LogP contribution < -0.4 is 10.1 Å². The predicted molar refractivity (Wildman–Crippen MR) is 149 cm³/mol. The summed E-state index contributed by atoms with van der Waals surface area (Å²) in [5, 5.41) is 11.5. The van der Waals surface area contributed by atoms with Crippen LogP contribution in [0, 0.1) is 0 Å². The molecule has 4 aromatic carbocycles. The Hall–Kier alpha value is -4.10. The maximum Gasteiger partial charge on any atom is 0.253 e. The molecule has 0 aromatic heterocycles. The first-order valence-corrected chi connectivity index (χ1v) is 13.0. The van der Waals surface area contributed by atoms with Crippen LogP contribution >= 0.6 is 11.8 Å². The fraction of sp³-hybridized carbons (Fsp3) is 0.167. The molecule has 5 rings (SSSR count). The van der Waals surface area contributed by atoms with Crippen LogP contribution in [0.5, 0.6) is 5.75 Å². The second-order valence-electron chi connectivity index (χ2n) is 8.83. The number of amides is 2. The molecule has 2 amide bonds. The van der Waals surface area contributed by atoms with Crippen LogP contribution in [-0.2, 0) is 9.59 Å². The van der Waals surface area contributed by atoms with Crippen molar-refractivity contribution in [2.45, 2.75) is 24.3 Å². The number of hydrazone groups is 1. The van der Waals surface area contributed by atoms with E-state index in [1.807, 2.05) is 60.7 Å². The Morgan fingerprint density at radius 3 is 2.41 bits per heavy atom. The minimum Gasteiger partial charge on any atom is -0.497 e. The maximum absolute atomic E-state index is 13.4. The summed E-state index contributed by atoms with van der Waals surface area (Å²) in [6.07, 6.45) is 0.631. The quantitative estimate of drug-likeness (QED) is 0.298. The van der Waals surface area contributed by atoms with Gasteiger partial charge in [0, 0.05) is 23.9 Å². The molecular formula is C30H27N3O3S. The molecule has 1 atom stereocenters. The van der Waals surface area contributed by atoms with Crippen LogP contribution in [0.25, 0.3) is 10.8 Å². The summed E-state index contributed by atoms with van der Waals surface area (Å²) >= 11 is 1.45. The first kappa shape index (κ1) is 24.6. The smallest absolute Gasteiger partial charge is 0.253 e. The van der Waals surface area contributed by atoms with Crippen molar-refractivity contribution in [1.29, 1.82) is 0 Å². The number of anilines is 1. The Bertz CT molecular complexity index is 1470. The molecule has 186 valence electrons. The van der Waals surface area contributed by atoms with E-state index in [2.05, 4.69) is 35.6 Å². The number of nitrogens with one attached hydrogen (secondary N) is 1. The molecule has 1 aliphatic rings. The van der Waals surface area contributed by atoms with Gasteiger partial charge in [0.15, 0.2) is 0 Å². The summed E-state index contributed by atoms with van der Waals surface area (Å²) in [7, 11) is 1.64. The van der Waals surface area contributed by atoms with E-state index < -0.39 is 0 Å². The van der Waals surface area contributed by atoms with Gasteiger partial charge in [-0.2, -0.15) is 5.10 Å². The van der Waals surface area contributed by atoms with Crippen molar-refractivity contribution < 1.29 is 14.3 Å². The molecule has 1 heterocycles. The molecule has 0 unspecified atom stereocenters. The van der Waals surface area contributed by atoms with E-state index in [0.29, 0.717) is 6.42 Å². The van der Waals surface area contributed by atoms with E-state index >= 15 is 0 Å². The second-order valence-corrected chi connectivity index (χ2v) is 9.88. The molecule has 6 nitrogen and oxygen atoms in total. The number of hydrogen-bond donors (Lipinski definition) is 1. The van der Waals surface area contributed by atoms with Crippen LogP contribution in [0.15, 0.2) is 101 Å². The summed E-state index contributed by atoms with van der Waals surface area (Å²) in [5.41, 5.74) is 3.66. The SMILES string of the molecule is COc1ccc([C@H]2CC(c3ccc4ccccc4c3)=NN2C(=O)CSc2ccc(NC(C)=O)cc2)cc1. The Morgan fingerprint density at radius 2 is 1.70 bits per heavy atom. The summed E-state index contributed by atoms with van der Waals surface area (Å²) in [6.45, 7) is 1.48. The summed E-state index contributed by atoms with van der Waals surface area (Å²) in [5.74, 6) is 0.844. The van der Waals surface area contributed by atoms with E-state index in [0.717, 1.165) is 38.6 Å². The molecule has 37 heavy (non-hydrogen) atoms. The zero-order chi connectivity index (χ0) is 25.8. The number of carbonyl (C=O) groups is 2. The highest BCUT2D eigenvalue weighted by Gasteiger charge is 2.33. The standard InChI is InChI=1S/C30H27N3O3S/c1-20(34)31-25-11-15-27(16-12-25)37-19-30(35)33-29(22-9-13-26(36-2)14-10-22)18-28(32-33)24-8-7-21-5-3-4-6-23(21)17-24/h3-17,29H,18-19H2,1-2H3,(H,31,34)/t29-/m1/s1. The Labute approximate surface area is 220 Å². The van der Waals surface area contributed by atoms with E-state index in [-0.39, 0.29) is 23.6 Å². The first-order chi connectivity index (χ1) is 18.0. The molecule has 4 aromatic rings. The normalized spacial score (nSPS) is 14.9. The lowest BCUT2D eigenvalue weighted by molar-refractivity contribution is -0.130. The Balaban J connectivity index is 1.38. The number of nitrogens with zero attached hydrogens (tertiary/aromatic N) is 2. The number of hydrogen-bond acceptors (Lipinski definition) is 5. The lowest BCUT2D eigenvalue weighted by Crippen LogP contribution is -2.28. The second kappa shape index (κ2) is 10.9. The van der Waals surface area contributed by atoms with E-state index in [9.17, 15) is 9.59 Å². The molecule has 1 aliphatic heterocycles. The summed E-state index contributed by atoms with van der Waals surface area (Å²) in [4.78, 5) is 25.6. The van der Waals surface area contributed by atoms with E-state index in [1.165, 1.54) is 24.1 Å². The molecule has 0 fully saturated rings. The number of ether oxygens (including phenoxy) is 1. The van der Waals surface area contributed by atoms with Gasteiger partial charge in [-0.05, 0) is 64.4 Å². The minimum absolute atomic E-state index is 0.0625. The molecule has 7 heteroatoms. The van der Waals surface area contributed by atoms with Crippen molar-refractivity contribution >= 4 is 45.7 Å². The van der Waals surface area contributed by atoms with Crippen molar-refractivity contribution in [3.8, 4) is 5.75 Å². The van der Waals surface area contributed by atoms with Gasteiger partial charge in [-0.15, -0.1) is 11.8 Å². The van der Waals surface area contributed by atoms with Crippen LogP contribution in [0.2, 0.25) is 0 Å². The number of rotatable bonds is 7. The monoisotopic (exact) mass is 509 g/mol. The van der Waals surface area contributed by atoms with E-state index in [4.69, 9.17) is 9.84 Å². The van der Waals surface area contributed by atoms with Gasteiger partial charge < -0.3 is 10.1 Å². The Kier molecular flexibility index (Phi) is 7.23. The number of carbonyl (C=O) groups excluding carboxylic acids is 2. The summed E-state index contributed by atoms with van der Waals surface area (Å²) in [6, 6.07) is 29.6. The molecule has 0 aliphatic carbocycles. The lowest BCUT2D eigenvalue weighted by atomic mass is 9.97. The van der Waals surface area contributed by atoms with Crippen LogP contribution in [0.4, 0.5) is 5.69 Å². The van der Waals surface area contributed by atoms with Gasteiger partial charge in [-0.3, -0.25) is 9.59 Å². The van der Waals surface area contributed by atoms with Gasteiger partial charge in [-0.1, -0.05) is 48.5 Å². The fourth-order valence-corrected chi connectivity index (χ4v) is 5.17. The molecular weight excluding hydrogens is 482 g/mol. The highest BCUT2D eigenvalue weighted by Crippen LogP contribution is 2.35. The van der Waals surface area contributed by atoms with Gasteiger partial charge in [0.05, 0.1) is 24.6 Å². The molecule has 0 radical (unpaired) electrons. The molecule has 0 saturated heterocycles. The predicted octanol–water partition coefficient (Wildman–Crippen LogP) is 6.28. The number of methoxy groups -OCH3 is 1. The van der Waals surface area contributed by atoms with Crippen LogP contribution in [0.1, 0.15) is 30.5 Å². The molecule has 0 spiro atoms. The van der Waals surface area contributed by atoms with Crippen molar-refractivity contribution in [2.24, 2.45) is 5.10 Å². The maximum atomic E-state index is 13.4. The van der Waals surface area contributed by atoms with Crippen molar-refractivity contribution in [3.05, 3.63) is 102 Å². The van der Waals surface area contributed by atoms with Crippen LogP contribution in [-0.4, -0.2) is 35.4 Å². The third-order valence-electron chi connectivity index (χ3n) is 6.29. The number of benzene rings is 4. The largest absolute Gasteiger partial charge is 0.497 e. The average Bonchev–Trinajstić information content (AvgIpc) is 3.38. The van der Waals surface area contributed by atoms with Crippen molar-refractivity contribution in [2.75, 3.05) is 18.2 Å². The van der Waals surface area contributed by atoms with E-state index in [1.54, 1.807) is 12.1 Å².